The van der Waals surface area contributed by atoms with E-state index in [-0.39, 0.29) is 11.3 Å². The number of phenols is 1. The molecule has 0 aliphatic carbocycles. The smallest absolute Gasteiger partial charge is 0.270 e. The average molecular weight is 377 g/mol. The molecule has 1 heterocycles. The summed E-state index contributed by atoms with van der Waals surface area (Å²) in [5.41, 5.74) is 5.26. The monoisotopic (exact) mass is 376 g/mol. The van der Waals surface area contributed by atoms with Gasteiger partial charge in [0.2, 0.25) is 0 Å². The highest BCUT2D eigenvalue weighted by Gasteiger charge is 2.19. The van der Waals surface area contributed by atoms with E-state index in [0.29, 0.717) is 24.4 Å². The van der Waals surface area contributed by atoms with Crippen molar-refractivity contribution in [3.63, 3.8) is 0 Å². The van der Waals surface area contributed by atoms with Gasteiger partial charge in [-0.15, -0.1) is 0 Å². The Bertz CT molecular complexity index is 1040. The number of para-hydroxylation sites is 1. The van der Waals surface area contributed by atoms with Crippen molar-refractivity contribution >= 4 is 0 Å². The topological polar surface area (TPSA) is 55.1 Å². The lowest BCUT2D eigenvalue weighted by Gasteiger charge is -2.17. The second kappa shape index (κ2) is 8.42. The van der Waals surface area contributed by atoms with Gasteiger partial charge in [0.1, 0.15) is 5.75 Å². The first kappa shape index (κ1) is 19.9. The Morgan fingerprint density at radius 2 is 1.79 bits per heavy atom. The molecule has 0 aliphatic rings. The maximum absolute atomic E-state index is 13.3. The number of aromatic hydroxyl groups is 1. The predicted octanol–water partition coefficient (Wildman–Crippen LogP) is 4.67. The molecule has 3 aromatic rings. The van der Waals surface area contributed by atoms with Crippen molar-refractivity contribution in [2.75, 3.05) is 0 Å². The van der Waals surface area contributed by atoms with Crippen molar-refractivity contribution in [2.45, 2.75) is 47.1 Å². The molecule has 2 aromatic carbocycles. The molecule has 0 unspecified atom stereocenters. The van der Waals surface area contributed by atoms with Crippen LogP contribution in [0.1, 0.15) is 36.2 Å². The number of hydrogen-bond acceptors (Lipinski definition) is 3. The van der Waals surface area contributed by atoms with Crippen LogP contribution in [0.5, 0.6) is 5.75 Å². The van der Waals surface area contributed by atoms with E-state index in [0.717, 1.165) is 23.2 Å². The zero-order chi connectivity index (χ0) is 20.3. The quantitative estimate of drug-likeness (QED) is 0.680. The summed E-state index contributed by atoms with van der Waals surface area (Å²) >= 11 is 0. The van der Waals surface area contributed by atoms with Crippen LogP contribution in [0.2, 0.25) is 0 Å². The molecular formula is C24H28N2O2. The molecule has 1 aromatic heterocycles. The summed E-state index contributed by atoms with van der Waals surface area (Å²) in [5.74, 6) is 0.496. The summed E-state index contributed by atoms with van der Waals surface area (Å²) in [6, 6.07) is 15.5. The Kier molecular flexibility index (Phi) is 5.98. The van der Waals surface area contributed by atoms with Crippen LogP contribution >= 0.6 is 0 Å². The van der Waals surface area contributed by atoms with E-state index in [1.165, 1.54) is 11.1 Å². The number of aromatic nitrogens is 2. The van der Waals surface area contributed by atoms with Gasteiger partial charge in [-0.3, -0.25) is 4.79 Å². The molecule has 0 fully saturated rings. The molecule has 4 nitrogen and oxygen atoms in total. The first-order chi connectivity index (χ1) is 13.4. The minimum atomic E-state index is -0.0646. The van der Waals surface area contributed by atoms with Gasteiger partial charge >= 0.3 is 0 Å². The van der Waals surface area contributed by atoms with Crippen molar-refractivity contribution in [3.05, 3.63) is 81.3 Å². The van der Waals surface area contributed by atoms with Gasteiger partial charge < -0.3 is 5.11 Å². The van der Waals surface area contributed by atoms with E-state index in [9.17, 15) is 9.90 Å². The minimum absolute atomic E-state index is 0.0646. The fourth-order valence-electron chi connectivity index (χ4n) is 3.64. The molecule has 28 heavy (non-hydrogen) atoms. The third-order valence-electron chi connectivity index (χ3n) is 4.88. The summed E-state index contributed by atoms with van der Waals surface area (Å²) in [6.45, 7) is 8.72. The van der Waals surface area contributed by atoms with Crippen LogP contribution in [-0.2, 0) is 19.4 Å². The predicted molar refractivity (Wildman–Crippen MR) is 114 cm³/mol. The largest absolute Gasteiger partial charge is 0.507 e. The van der Waals surface area contributed by atoms with Crippen molar-refractivity contribution in [3.8, 4) is 16.9 Å². The van der Waals surface area contributed by atoms with Gasteiger partial charge in [-0.05, 0) is 44.2 Å². The molecule has 1 N–H and O–H groups in total. The van der Waals surface area contributed by atoms with Crippen LogP contribution in [0.4, 0.5) is 0 Å². The number of phenolic OH excluding ortho intramolecular Hbond substituents is 1. The Morgan fingerprint density at radius 3 is 2.46 bits per heavy atom. The molecule has 0 bridgehead atoms. The van der Waals surface area contributed by atoms with Crippen molar-refractivity contribution in [1.29, 1.82) is 0 Å². The average Bonchev–Trinajstić information content (AvgIpc) is 2.64. The van der Waals surface area contributed by atoms with Crippen LogP contribution < -0.4 is 5.56 Å². The van der Waals surface area contributed by atoms with E-state index in [4.69, 9.17) is 0 Å². The standard InChI is InChI=1S/C24H28N2O2/c1-16(2)15-26-24(28)21(13-12-19-9-7-8-17(3)14-19)23(18(4)25-26)20-10-5-6-11-22(20)27/h5-11,14,16,27H,12-13,15H2,1-4H3. The van der Waals surface area contributed by atoms with Gasteiger partial charge in [-0.1, -0.05) is 61.9 Å². The lowest BCUT2D eigenvalue weighted by Crippen LogP contribution is -2.30. The number of aryl methyl sites for hydroxylation is 3. The second-order valence-corrected chi connectivity index (χ2v) is 7.83. The van der Waals surface area contributed by atoms with E-state index in [1.54, 1.807) is 16.8 Å². The van der Waals surface area contributed by atoms with Crippen LogP contribution in [-0.4, -0.2) is 14.9 Å². The molecular weight excluding hydrogens is 348 g/mol. The third-order valence-corrected chi connectivity index (χ3v) is 4.88. The summed E-state index contributed by atoms with van der Waals surface area (Å²) in [7, 11) is 0. The van der Waals surface area contributed by atoms with E-state index < -0.39 is 0 Å². The fraction of sp³-hybridized carbons (Fsp3) is 0.333. The van der Waals surface area contributed by atoms with Crippen LogP contribution in [0.15, 0.2) is 53.3 Å². The van der Waals surface area contributed by atoms with Gasteiger partial charge in [0.05, 0.1) is 5.69 Å². The van der Waals surface area contributed by atoms with Crippen LogP contribution in [0, 0.1) is 19.8 Å². The fourth-order valence-corrected chi connectivity index (χ4v) is 3.64. The van der Waals surface area contributed by atoms with E-state index in [2.05, 4.69) is 44.1 Å². The maximum atomic E-state index is 13.3. The lowest BCUT2D eigenvalue weighted by molar-refractivity contribution is 0.457. The summed E-state index contributed by atoms with van der Waals surface area (Å²) in [5, 5.41) is 15.0. The normalized spacial score (nSPS) is 11.2. The SMILES string of the molecule is Cc1cccc(CCc2c(-c3ccccc3O)c(C)nn(CC(C)C)c2=O)c1. The minimum Gasteiger partial charge on any atom is -0.507 e. The van der Waals surface area contributed by atoms with Crippen LogP contribution in [0.25, 0.3) is 11.1 Å². The Labute approximate surface area is 166 Å². The molecule has 0 saturated carbocycles. The van der Waals surface area contributed by atoms with Crippen molar-refractivity contribution in [2.24, 2.45) is 5.92 Å². The Hall–Kier alpha value is -2.88. The molecule has 146 valence electrons. The van der Waals surface area contributed by atoms with Crippen molar-refractivity contribution in [1.82, 2.24) is 9.78 Å². The first-order valence-corrected chi connectivity index (χ1v) is 9.81. The number of nitrogens with zero attached hydrogens (tertiary/aromatic N) is 2. The highest BCUT2D eigenvalue weighted by atomic mass is 16.3. The number of benzene rings is 2. The van der Waals surface area contributed by atoms with Gasteiger partial charge in [-0.2, -0.15) is 5.10 Å². The number of hydrogen-bond donors (Lipinski definition) is 1. The van der Waals surface area contributed by atoms with Gasteiger partial charge in [0.15, 0.2) is 0 Å². The molecule has 0 amide bonds. The molecule has 0 aliphatic heterocycles. The Balaban J connectivity index is 2.11. The zero-order valence-electron chi connectivity index (χ0n) is 17.1. The lowest BCUT2D eigenvalue weighted by atomic mass is 9.94. The number of rotatable bonds is 6. The highest BCUT2D eigenvalue weighted by Crippen LogP contribution is 2.32. The molecule has 0 radical (unpaired) electrons. The maximum Gasteiger partial charge on any atom is 0.270 e. The van der Waals surface area contributed by atoms with E-state index in [1.807, 2.05) is 25.1 Å². The van der Waals surface area contributed by atoms with E-state index >= 15 is 0 Å². The molecule has 3 rings (SSSR count). The molecule has 0 atom stereocenters. The zero-order valence-corrected chi connectivity index (χ0v) is 17.1. The summed E-state index contributed by atoms with van der Waals surface area (Å²) < 4.78 is 1.58. The van der Waals surface area contributed by atoms with Gasteiger partial charge in [-0.25, -0.2) is 4.68 Å². The van der Waals surface area contributed by atoms with Gasteiger partial charge in [0, 0.05) is 23.2 Å². The highest BCUT2D eigenvalue weighted by molar-refractivity contribution is 5.74. The first-order valence-electron chi connectivity index (χ1n) is 9.81. The van der Waals surface area contributed by atoms with Gasteiger partial charge in [0.25, 0.3) is 5.56 Å². The summed E-state index contributed by atoms with van der Waals surface area (Å²) in [4.78, 5) is 13.3. The van der Waals surface area contributed by atoms with Crippen LogP contribution in [0.3, 0.4) is 0 Å². The molecule has 0 saturated heterocycles. The second-order valence-electron chi connectivity index (χ2n) is 7.83. The molecule has 4 heteroatoms. The summed E-state index contributed by atoms with van der Waals surface area (Å²) in [6.07, 6.45) is 1.37. The Morgan fingerprint density at radius 1 is 1.04 bits per heavy atom. The van der Waals surface area contributed by atoms with Crippen molar-refractivity contribution < 1.29 is 5.11 Å². The molecule has 0 spiro atoms. The third kappa shape index (κ3) is 4.33.